The molecular formula is C44H26N4O. The van der Waals surface area contributed by atoms with Crippen LogP contribution in [0, 0.1) is 0 Å². The van der Waals surface area contributed by atoms with E-state index in [0.29, 0.717) is 23.2 Å². The molecule has 0 saturated carbocycles. The van der Waals surface area contributed by atoms with Crippen LogP contribution in [0.15, 0.2) is 162 Å². The normalized spacial score (nSPS) is 11.7. The molecule has 0 fully saturated rings. The van der Waals surface area contributed by atoms with Gasteiger partial charge < -0.3 is 4.42 Å². The molecule has 3 aromatic heterocycles. The summed E-state index contributed by atoms with van der Waals surface area (Å²) in [7, 11) is 0. The van der Waals surface area contributed by atoms with Crippen molar-refractivity contribution in [2.75, 3.05) is 0 Å². The molecule has 0 aliphatic carbocycles. The van der Waals surface area contributed by atoms with E-state index in [-0.39, 0.29) is 0 Å². The van der Waals surface area contributed by atoms with Crippen LogP contribution in [0.3, 0.4) is 0 Å². The van der Waals surface area contributed by atoms with E-state index in [1.165, 1.54) is 10.8 Å². The lowest BCUT2D eigenvalue weighted by Crippen LogP contribution is -2.00. The Hall–Kier alpha value is -6.72. The highest BCUT2D eigenvalue weighted by Gasteiger charge is 2.17. The number of hydrogen-bond acceptors (Lipinski definition) is 5. The molecule has 5 nitrogen and oxygen atoms in total. The van der Waals surface area contributed by atoms with Gasteiger partial charge in [-0.3, -0.25) is 0 Å². The van der Waals surface area contributed by atoms with Crippen LogP contribution < -0.4 is 0 Å². The molecule has 0 spiro atoms. The number of aromatic nitrogens is 4. The van der Waals surface area contributed by atoms with Gasteiger partial charge in [0.05, 0.1) is 0 Å². The van der Waals surface area contributed by atoms with Gasteiger partial charge in [0.2, 0.25) is 5.71 Å². The second-order valence-electron chi connectivity index (χ2n) is 12.3. The molecule has 0 N–H and O–H groups in total. The van der Waals surface area contributed by atoms with Crippen molar-refractivity contribution in [2.24, 2.45) is 0 Å². The second-order valence-corrected chi connectivity index (χ2v) is 12.3. The fourth-order valence-corrected chi connectivity index (χ4v) is 6.96. The first-order valence-electron chi connectivity index (χ1n) is 16.3. The van der Waals surface area contributed by atoms with Crippen LogP contribution >= 0.6 is 0 Å². The monoisotopic (exact) mass is 626 g/mol. The molecule has 49 heavy (non-hydrogen) atoms. The first-order chi connectivity index (χ1) is 24.2. The topological polar surface area (TPSA) is 64.7 Å². The lowest BCUT2D eigenvalue weighted by Gasteiger charge is -2.12. The highest BCUT2D eigenvalue weighted by molar-refractivity contribution is 6.14. The molecule has 0 radical (unpaired) electrons. The number of pyridine rings is 1. The molecule has 0 atom stereocenters. The molecule has 0 aliphatic heterocycles. The smallest absolute Gasteiger partial charge is 0.227 e. The van der Waals surface area contributed by atoms with E-state index in [9.17, 15) is 0 Å². The van der Waals surface area contributed by atoms with Gasteiger partial charge in [0, 0.05) is 33.7 Å². The molecule has 10 aromatic rings. The number of rotatable bonds is 4. The van der Waals surface area contributed by atoms with Gasteiger partial charge in [-0.25, -0.2) is 19.9 Å². The van der Waals surface area contributed by atoms with Crippen molar-refractivity contribution in [1.29, 1.82) is 0 Å². The van der Waals surface area contributed by atoms with Crippen molar-refractivity contribution < 1.29 is 4.42 Å². The van der Waals surface area contributed by atoms with E-state index in [2.05, 4.69) is 138 Å². The van der Waals surface area contributed by atoms with E-state index in [4.69, 9.17) is 19.4 Å². The quantitative estimate of drug-likeness (QED) is 0.194. The summed E-state index contributed by atoms with van der Waals surface area (Å²) in [5.74, 6) is 1.90. The SMILES string of the molecule is c1ccc2cc(-c3nc(-c4ccc5ccccc5c4)nc(-c4ccc5c(-c6cccc7oc8ncccc8c67)cccc5c4)n3)ccc2c1. The van der Waals surface area contributed by atoms with E-state index >= 15 is 0 Å². The molecule has 0 saturated heterocycles. The predicted octanol–water partition coefficient (Wildman–Crippen LogP) is 11.3. The fraction of sp³-hybridized carbons (Fsp3) is 0. The summed E-state index contributed by atoms with van der Waals surface area (Å²) in [5.41, 5.74) is 6.53. The Morgan fingerprint density at radius 2 is 0.939 bits per heavy atom. The van der Waals surface area contributed by atoms with Crippen molar-refractivity contribution in [2.45, 2.75) is 0 Å². The van der Waals surface area contributed by atoms with Gasteiger partial charge in [0.25, 0.3) is 0 Å². The molecule has 10 rings (SSSR count). The Bertz CT molecular complexity index is 2810. The maximum atomic E-state index is 6.11. The van der Waals surface area contributed by atoms with E-state index in [1.807, 2.05) is 18.2 Å². The minimum absolute atomic E-state index is 0.627. The van der Waals surface area contributed by atoms with Crippen LogP contribution in [-0.2, 0) is 0 Å². The van der Waals surface area contributed by atoms with Crippen molar-refractivity contribution in [3.8, 4) is 45.3 Å². The first-order valence-corrected chi connectivity index (χ1v) is 16.3. The van der Waals surface area contributed by atoms with Crippen molar-refractivity contribution in [3.05, 3.63) is 158 Å². The number of furan rings is 1. The summed E-state index contributed by atoms with van der Waals surface area (Å²) >= 11 is 0. The molecular weight excluding hydrogens is 601 g/mol. The van der Waals surface area contributed by atoms with Crippen molar-refractivity contribution >= 4 is 54.4 Å². The first kappa shape index (κ1) is 27.4. The van der Waals surface area contributed by atoms with Gasteiger partial charge >= 0.3 is 0 Å². The summed E-state index contributed by atoms with van der Waals surface area (Å²) in [6.45, 7) is 0. The maximum Gasteiger partial charge on any atom is 0.227 e. The van der Waals surface area contributed by atoms with E-state index < -0.39 is 0 Å². The summed E-state index contributed by atoms with van der Waals surface area (Å²) in [6.07, 6.45) is 1.77. The van der Waals surface area contributed by atoms with Crippen LogP contribution in [0.4, 0.5) is 0 Å². The number of fused-ring (bicyclic) bond motifs is 6. The Morgan fingerprint density at radius 1 is 0.388 bits per heavy atom. The number of hydrogen-bond donors (Lipinski definition) is 0. The van der Waals surface area contributed by atoms with Gasteiger partial charge in [0.1, 0.15) is 5.58 Å². The van der Waals surface area contributed by atoms with Crippen molar-refractivity contribution in [1.82, 2.24) is 19.9 Å². The third-order valence-corrected chi connectivity index (χ3v) is 9.35. The molecule has 0 amide bonds. The Labute approximate surface area is 281 Å². The fourth-order valence-electron chi connectivity index (χ4n) is 6.96. The Balaban J connectivity index is 1.15. The van der Waals surface area contributed by atoms with Crippen LogP contribution in [0.1, 0.15) is 0 Å². The zero-order valence-corrected chi connectivity index (χ0v) is 26.2. The summed E-state index contributed by atoms with van der Waals surface area (Å²) in [5, 5.41) is 8.95. The van der Waals surface area contributed by atoms with Gasteiger partial charge in [-0.15, -0.1) is 0 Å². The molecule has 0 unspecified atom stereocenters. The summed E-state index contributed by atoms with van der Waals surface area (Å²) in [4.78, 5) is 19.7. The van der Waals surface area contributed by atoms with E-state index in [1.54, 1.807) is 6.20 Å². The van der Waals surface area contributed by atoms with Crippen LogP contribution in [0.2, 0.25) is 0 Å². The minimum Gasteiger partial charge on any atom is -0.438 e. The zero-order valence-electron chi connectivity index (χ0n) is 26.2. The molecule has 7 aromatic carbocycles. The molecule has 228 valence electrons. The average molecular weight is 627 g/mol. The van der Waals surface area contributed by atoms with Gasteiger partial charge in [-0.05, 0) is 79.8 Å². The Morgan fingerprint density at radius 3 is 1.61 bits per heavy atom. The molecule has 3 heterocycles. The summed E-state index contributed by atoms with van der Waals surface area (Å²) < 4.78 is 6.11. The summed E-state index contributed by atoms with van der Waals surface area (Å²) in [6, 6.07) is 52.6. The van der Waals surface area contributed by atoms with Crippen LogP contribution in [0.25, 0.3) is 99.7 Å². The van der Waals surface area contributed by atoms with Gasteiger partial charge in [0.15, 0.2) is 17.5 Å². The second kappa shape index (κ2) is 10.9. The molecule has 0 aliphatic rings. The van der Waals surface area contributed by atoms with Gasteiger partial charge in [-0.1, -0.05) is 115 Å². The average Bonchev–Trinajstić information content (AvgIpc) is 3.56. The molecule has 0 bridgehead atoms. The van der Waals surface area contributed by atoms with Crippen LogP contribution in [-0.4, -0.2) is 19.9 Å². The predicted molar refractivity (Wildman–Crippen MR) is 199 cm³/mol. The number of nitrogens with zero attached hydrogens (tertiary/aromatic N) is 4. The Kier molecular flexibility index (Phi) is 6.11. The number of benzene rings is 7. The van der Waals surface area contributed by atoms with Crippen molar-refractivity contribution in [3.63, 3.8) is 0 Å². The highest BCUT2D eigenvalue weighted by Crippen LogP contribution is 2.39. The highest BCUT2D eigenvalue weighted by atomic mass is 16.3. The lowest BCUT2D eigenvalue weighted by molar-refractivity contribution is 0.654. The van der Waals surface area contributed by atoms with Gasteiger partial charge in [-0.2, -0.15) is 0 Å². The minimum atomic E-state index is 0.627. The van der Waals surface area contributed by atoms with Crippen LogP contribution in [0.5, 0.6) is 0 Å². The zero-order chi connectivity index (χ0) is 32.3. The molecule has 5 heteroatoms. The third kappa shape index (κ3) is 4.63. The standard InChI is InChI=1S/C44H26N4O/c1-3-10-29-24-32(19-17-27(29)8-1)41-46-42(33-20-18-28-9-2-4-11-30(28)25-33)48-43(47-41)34-21-22-35-31(26-34)12-5-13-36(35)37-14-6-16-39-40(37)38-15-7-23-45-44(38)49-39/h1-26H. The largest absolute Gasteiger partial charge is 0.438 e. The maximum absolute atomic E-state index is 6.11. The lowest BCUT2D eigenvalue weighted by atomic mass is 9.94. The van der Waals surface area contributed by atoms with E-state index in [0.717, 1.165) is 65.7 Å². The third-order valence-electron chi connectivity index (χ3n) is 9.35.